The van der Waals surface area contributed by atoms with Crippen LogP contribution in [-0.2, 0) is 0 Å². The molecule has 1 heterocycles. The van der Waals surface area contributed by atoms with Crippen LogP contribution in [0.3, 0.4) is 0 Å². The molecule has 3 nitrogen and oxygen atoms in total. The third-order valence-corrected chi connectivity index (χ3v) is 4.36. The fraction of sp³-hybridized carbons (Fsp3) is 1.00. The molecule has 1 aliphatic heterocycles. The molecule has 0 radical (unpaired) electrons. The molecule has 0 spiro atoms. The molecule has 3 unspecified atom stereocenters. The van der Waals surface area contributed by atoms with Crippen molar-refractivity contribution >= 4 is 0 Å². The predicted octanol–water partition coefficient (Wildman–Crippen LogP) is 1.79. The average Bonchev–Trinajstić information content (AvgIpc) is 2.31. The zero-order chi connectivity index (χ0) is 12.8. The highest BCUT2D eigenvalue weighted by Gasteiger charge is 2.25. The molecule has 0 aliphatic carbocycles. The summed E-state index contributed by atoms with van der Waals surface area (Å²) in [5.41, 5.74) is 0. The summed E-state index contributed by atoms with van der Waals surface area (Å²) in [5, 5.41) is 3.39. The van der Waals surface area contributed by atoms with E-state index in [4.69, 9.17) is 0 Å². The van der Waals surface area contributed by atoms with Crippen LogP contribution in [0.15, 0.2) is 0 Å². The van der Waals surface area contributed by atoms with Gasteiger partial charge in [0.05, 0.1) is 0 Å². The fourth-order valence-corrected chi connectivity index (χ4v) is 2.81. The Morgan fingerprint density at radius 3 is 2.29 bits per heavy atom. The Morgan fingerprint density at radius 2 is 1.82 bits per heavy atom. The number of rotatable bonds is 6. The predicted molar refractivity (Wildman–Crippen MR) is 75.5 cm³/mol. The third-order valence-electron chi connectivity index (χ3n) is 4.36. The molecule has 1 rings (SSSR count). The average molecular weight is 241 g/mol. The standard InChI is InChI=1S/C14H31N3/c1-6-14(15-4)8-7-9-17-10-12(2)16(5)13(3)11-17/h12-15H,6-11H2,1-5H3. The van der Waals surface area contributed by atoms with Crippen molar-refractivity contribution in [3.05, 3.63) is 0 Å². The topological polar surface area (TPSA) is 18.5 Å². The Morgan fingerprint density at radius 1 is 1.24 bits per heavy atom. The maximum Gasteiger partial charge on any atom is 0.0195 e. The smallest absolute Gasteiger partial charge is 0.0195 e. The first-order chi connectivity index (χ1) is 8.08. The minimum absolute atomic E-state index is 0.699. The van der Waals surface area contributed by atoms with Crippen LogP contribution in [0.2, 0.25) is 0 Å². The second kappa shape index (κ2) is 7.34. The molecule has 0 amide bonds. The van der Waals surface area contributed by atoms with E-state index in [1.165, 1.54) is 38.9 Å². The van der Waals surface area contributed by atoms with Crippen LogP contribution in [0, 0.1) is 0 Å². The summed E-state index contributed by atoms with van der Waals surface area (Å²) in [7, 11) is 4.33. The molecule has 1 aliphatic rings. The summed E-state index contributed by atoms with van der Waals surface area (Å²) in [5.74, 6) is 0. The van der Waals surface area contributed by atoms with E-state index in [1.54, 1.807) is 0 Å². The Labute approximate surface area is 108 Å². The largest absolute Gasteiger partial charge is 0.317 e. The Bertz CT molecular complexity index is 192. The quantitative estimate of drug-likeness (QED) is 0.765. The molecule has 102 valence electrons. The lowest BCUT2D eigenvalue weighted by molar-refractivity contribution is 0.0587. The highest BCUT2D eigenvalue weighted by Crippen LogP contribution is 2.14. The van der Waals surface area contributed by atoms with E-state index in [9.17, 15) is 0 Å². The first-order valence-corrected chi connectivity index (χ1v) is 7.20. The molecule has 1 fully saturated rings. The van der Waals surface area contributed by atoms with Gasteiger partial charge >= 0.3 is 0 Å². The van der Waals surface area contributed by atoms with Gasteiger partial charge < -0.3 is 10.2 Å². The van der Waals surface area contributed by atoms with E-state index in [0.717, 1.165) is 0 Å². The molecular weight excluding hydrogens is 210 g/mol. The van der Waals surface area contributed by atoms with Crippen molar-refractivity contribution in [1.29, 1.82) is 0 Å². The Balaban J connectivity index is 2.24. The fourth-order valence-electron chi connectivity index (χ4n) is 2.81. The summed E-state index contributed by atoms with van der Waals surface area (Å²) in [6.45, 7) is 10.7. The normalized spacial score (nSPS) is 29.5. The number of hydrogen-bond donors (Lipinski definition) is 1. The minimum Gasteiger partial charge on any atom is -0.317 e. The van der Waals surface area contributed by atoms with Crippen LogP contribution in [-0.4, -0.2) is 61.7 Å². The summed E-state index contributed by atoms with van der Waals surface area (Å²) in [6.07, 6.45) is 3.87. The van der Waals surface area contributed by atoms with Gasteiger partial charge in [0.2, 0.25) is 0 Å². The molecule has 0 aromatic rings. The first kappa shape index (κ1) is 14.9. The summed E-state index contributed by atoms with van der Waals surface area (Å²) in [6, 6.07) is 2.10. The molecule has 1 N–H and O–H groups in total. The van der Waals surface area contributed by atoms with Crippen LogP contribution in [0.5, 0.6) is 0 Å². The van der Waals surface area contributed by atoms with Gasteiger partial charge in [0.1, 0.15) is 0 Å². The van der Waals surface area contributed by atoms with Crippen LogP contribution < -0.4 is 5.32 Å². The zero-order valence-electron chi connectivity index (χ0n) is 12.4. The van der Waals surface area contributed by atoms with Crippen molar-refractivity contribution < 1.29 is 0 Å². The van der Waals surface area contributed by atoms with Gasteiger partial charge in [-0.25, -0.2) is 0 Å². The van der Waals surface area contributed by atoms with E-state index in [2.05, 4.69) is 50.0 Å². The van der Waals surface area contributed by atoms with Gasteiger partial charge in [-0.15, -0.1) is 0 Å². The maximum absolute atomic E-state index is 3.39. The molecule has 0 aromatic carbocycles. The highest BCUT2D eigenvalue weighted by atomic mass is 15.3. The molecule has 3 atom stereocenters. The zero-order valence-corrected chi connectivity index (χ0v) is 12.4. The Hall–Kier alpha value is -0.120. The van der Waals surface area contributed by atoms with Gasteiger partial charge in [-0.2, -0.15) is 0 Å². The van der Waals surface area contributed by atoms with Crippen molar-refractivity contribution in [3.63, 3.8) is 0 Å². The lowest BCUT2D eigenvalue weighted by atomic mass is 10.1. The molecule has 1 saturated heterocycles. The van der Waals surface area contributed by atoms with Crippen molar-refractivity contribution in [3.8, 4) is 0 Å². The van der Waals surface area contributed by atoms with Crippen molar-refractivity contribution in [2.45, 2.75) is 58.2 Å². The molecular formula is C14H31N3. The van der Waals surface area contributed by atoms with Crippen LogP contribution >= 0.6 is 0 Å². The van der Waals surface area contributed by atoms with E-state index in [1.807, 2.05) is 0 Å². The first-order valence-electron chi connectivity index (χ1n) is 7.20. The van der Waals surface area contributed by atoms with Gasteiger partial charge in [0.15, 0.2) is 0 Å². The molecule has 0 aromatic heterocycles. The van der Waals surface area contributed by atoms with E-state index in [0.29, 0.717) is 18.1 Å². The van der Waals surface area contributed by atoms with E-state index < -0.39 is 0 Å². The summed E-state index contributed by atoms with van der Waals surface area (Å²) in [4.78, 5) is 5.14. The summed E-state index contributed by atoms with van der Waals surface area (Å²) >= 11 is 0. The van der Waals surface area contributed by atoms with Gasteiger partial charge in [-0.3, -0.25) is 4.90 Å². The molecule has 17 heavy (non-hydrogen) atoms. The van der Waals surface area contributed by atoms with Gasteiger partial charge in [-0.1, -0.05) is 6.92 Å². The molecule has 0 saturated carbocycles. The monoisotopic (exact) mass is 241 g/mol. The van der Waals surface area contributed by atoms with Gasteiger partial charge in [-0.05, 0) is 53.8 Å². The van der Waals surface area contributed by atoms with Gasteiger partial charge in [0.25, 0.3) is 0 Å². The van der Waals surface area contributed by atoms with Crippen molar-refractivity contribution in [1.82, 2.24) is 15.1 Å². The van der Waals surface area contributed by atoms with E-state index >= 15 is 0 Å². The van der Waals surface area contributed by atoms with Crippen LogP contribution in [0.25, 0.3) is 0 Å². The van der Waals surface area contributed by atoms with Gasteiger partial charge in [0, 0.05) is 31.2 Å². The van der Waals surface area contributed by atoms with Crippen LogP contribution in [0.1, 0.15) is 40.0 Å². The number of hydrogen-bond acceptors (Lipinski definition) is 3. The second-order valence-electron chi connectivity index (χ2n) is 5.66. The number of nitrogens with one attached hydrogen (secondary N) is 1. The molecule has 3 heteroatoms. The molecule has 0 bridgehead atoms. The van der Waals surface area contributed by atoms with Crippen LogP contribution in [0.4, 0.5) is 0 Å². The Kier molecular flexibility index (Phi) is 6.45. The third kappa shape index (κ3) is 4.57. The SMILES string of the molecule is CCC(CCCN1CC(C)N(C)C(C)C1)NC. The highest BCUT2D eigenvalue weighted by molar-refractivity contribution is 4.82. The van der Waals surface area contributed by atoms with Crippen molar-refractivity contribution in [2.75, 3.05) is 33.7 Å². The summed E-state index contributed by atoms with van der Waals surface area (Å²) < 4.78 is 0. The maximum atomic E-state index is 3.39. The minimum atomic E-state index is 0.699. The number of piperazine rings is 1. The van der Waals surface area contributed by atoms with E-state index in [-0.39, 0.29) is 0 Å². The number of likely N-dealkylation sites (N-methyl/N-ethyl adjacent to an activating group) is 1. The second-order valence-corrected chi connectivity index (χ2v) is 5.66. The van der Waals surface area contributed by atoms with Crippen molar-refractivity contribution in [2.24, 2.45) is 0 Å². The lowest BCUT2D eigenvalue weighted by Gasteiger charge is -2.42. The number of nitrogens with zero attached hydrogens (tertiary/aromatic N) is 2. The lowest BCUT2D eigenvalue weighted by Crippen LogP contribution is -2.55.